The molecule has 0 saturated heterocycles. The normalized spacial score (nSPS) is 11.1. The van der Waals surface area contributed by atoms with E-state index in [1.54, 1.807) is 6.20 Å². The molecule has 0 spiro atoms. The number of hydrogen-bond donors (Lipinski definition) is 2. The van der Waals surface area contributed by atoms with Crippen molar-refractivity contribution in [3.05, 3.63) is 53.9 Å². The van der Waals surface area contributed by atoms with Gasteiger partial charge in [0.15, 0.2) is 5.69 Å². The summed E-state index contributed by atoms with van der Waals surface area (Å²) in [4.78, 5) is 29.9. The van der Waals surface area contributed by atoms with E-state index in [0.29, 0.717) is 29.2 Å². The maximum atomic E-state index is 12.8. The third kappa shape index (κ3) is 6.10. The number of carbonyl (C=O) groups is 2. The molecule has 2 aromatic heterocycles. The van der Waals surface area contributed by atoms with Gasteiger partial charge in [-0.05, 0) is 30.4 Å². The second-order valence-electron chi connectivity index (χ2n) is 8.31. The number of amides is 1. The number of carbonyl (C=O) groups excluding carboxylic acids is 2. The summed E-state index contributed by atoms with van der Waals surface area (Å²) in [7, 11) is 2.78. The van der Waals surface area contributed by atoms with Gasteiger partial charge in [0.25, 0.3) is 0 Å². The van der Waals surface area contributed by atoms with Crippen LogP contribution in [0.4, 0.5) is 11.4 Å². The zero-order valence-corrected chi connectivity index (χ0v) is 19.7. The Bertz CT molecular complexity index is 1090. The molecule has 1 aromatic carbocycles. The van der Waals surface area contributed by atoms with Crippen LogP contribution in [0.3, 0.4) is 0 Å². The monoisotopic (exact) mass is 452 g/mol. The molecule has 3 rings (SSSR count). The van der Waals surface area contributed by atoms with Crippen molar-refractivity contribution in [3.8, 4) is 0 Å². The van der Waals surface area contributed by atoms with E-state index in [2.05, 4.69) is 41.6 Å². The Morgan fingerprint density at radius 3 is 2.58 bits per heavy atom. The van der Waals surface area contributed by atoms with Crippen LogP contribution in [0.5, 0.6) is 0 Å². The number of nitrogens with zero attached hydrogens (tertiary/aromatic N) is 2. The fourth-order valence-corrected chi connectivity index (χ4v) is 3.69. The number of nitrogens with one attached hydrogen (secondary N) is 2. The summed E-state index contributed by atoms with van der Waals surface area (Å²) in [6.45, 7) is 5.43. The number of anilines is 2. The average molecular weight is 453 g/mol. The molecule has 0 unspecified atom stereocenters. The number of rotatable bonds is 11. The molecule has 8 nitrogen and oxygen atoms in total. The Labute approximate surface area is 194 Å². The van der Waals surface area contributed by atoms with Crippen molar-refractivity contribution < 1.29 is 19.1 Å². The van der Waals surface area contributed by atoms with Crippen LogP contribution in [0.15, 0.2) is 42.6 Å². The summed E-state index contributed by atoms with van der Waals surface area (Å²) >= 11 is 0. The molecule has 3 aromatic rings. The molecule has 2 heterocycles. The Balaban J connectivity index is 2.03. The SMILES string of the molecule is COCC(=O)Nc1c(C(=O)OC)n(CCCc2ccccc2)c2ncc(NCC(C)C)cc12. The van der Waals surface area contributed by atoms with Crippen molar-refractivity contribution in [3.63, 3.8) is 0 Å². The van der Waals surface area contributed by atoms with Crippen molar-refractivity contribution in [2.24, 2.45) is 5.92 Å². The van der Waals surface area contributed by atoms with Crippen LogP contribution in [0.1, 0.15) is 36.3 Å². The van der Waals surface area contributed by atoms with Gasteiger partial charge < -0.3 is 24.7 Å². The highest BCUT2D eigenvalue weighted by Gasteiger charge is 2.26. The summed E-state index contributed by atoms with van der Waals surface area (Å²) in [5, 5.41) is 6.86. The van der Waals surface area contributed by atoms with Gasteiger partial charge in [0, 0.05) is 25.6 Å². The molecule has 0 aliphatic rings. The topological polar surface area (TPSA) is 94.5 Å². The standard InChI is InChI=1S/C25H32N4O4/c1-17(2)14-26-19-13-20-22(28-21(30)16-32-3)23(25(31)33-4)29(24(20)27-15-19)12-8-11-18-9-6-5-7-10-18/h5-7,9-10,13,15,17,26H,8,11-12,14,16H2,1-4H3,(H,28,30). The van der Waals surface area contributed by atoms with Crippen LogP contribution in [0.25, 0.3) is 11.0 Å². The summed E-state index contributed by atoms with van der Waals surface area (Å²) in [6.07, 6.45) is 3.39. The molecule has 33 heavy (non-hydrogen) atoms. The summed E-state index contributed by atoms with van der Waals surface area (Å²) in [6, 6.07) is 12.1. The number of pyridine rings is 1. The maximum absolute atomic E-state index is 12.8. The number of ether oxygens (including phenoxy) is 2. The van der Waals surface area contributed by atoms with Crippen LogP contribution >= 0.6 is 0 Å². The molecule has 8 heteroatoms. The molecule has 0 atom stereocenters. The van der Waals surface area contributed by atoms with Crippen molar-refractivity contribution in [1.82, 2.24) is 9.55 Å². The first-order valence-corrected chi connectivity index (χ1v) is 11.1. The van der Waals surface area contributed by atoms with Gasteiger partial charge in [-0.2, -0.15) is 0 Å². The van der Waals surface area contributed by atoms with E-state index in [0.717, 1.165) is 25.1 Å². The molecule has 0 radical (unpaired) electrons. The first-order chi connectivity index (χ1) is 15.9. The van der Waals surface area contributed by atoms with Crippen molar-refractivity contribution >= 4 is 34.3 Å². The molecule has 0 saturated carbocycles. The minimum atomic E-state index is -0.530. The Hall–Kier alpha value is -3.39. The lowest BCUT2D eigenvalue weighted by molar-refractivity contribution is -0.119. The fourth-order valence-electron chi connectivity index (χ4n) is 3.69. The van der Waals surface area contributed by atoms with Gasteiger partial charge in [-0.15, -0.1) is 0 Å². The third-order valence-corrected chi connectivity index (χ3v) is 5.22. The number of fused-ring (bicyclic) bond motifs is 1. The van der Waals surface area contributed by atoms with Crippen molar-refractivity contribution in [2.75, 3.05) is 38.0 Å². The van der Waals surface area contributed by atoms with E-state index in [1.165, 1.54) is 19.8 Å². The highest BCUT2D eigenvalue weighted by atomic mass is 16.5. The number of benzene rings is 1. The highest BCUT2D eigenvalue weighted by Crippen LogP contribution is 2.33. The Kier molecular flexibility index (Phi) is 8.43. The van der Waals surface area contributed by atoms with E-state index in [-0.39, 0.29) is 18.2 Å². The maximum Gasteiger partial charge on any atom is 0.356 e. The Morgan fingerprint density at radius 2 is 1.91 bits per heavy atom. The second kappa shape index (κ2) is 11.5. The molecular formula is C25H32N4O4. The minimum Gasteiger partial charge on any atom is -0.464 e. The van der Waals surface area contributed by atoms with Crippen LogP contribution in [-0.4, -0.2) is 48.8 Å². The van der Waals surface area contributed by atoms with E-state index in [9.17, 15) is 9.59 Å². The van der Waals surface area contributed by atoms with E-state index in [1.807, 2.05) is 28.8 Å². The van der Waals surface area contributed by atoms with Gasteiger partial charge in [-0.3, -0.25) is 4.79 Å². The van der Waals surface area contributed by atoms with Gasteiger partial charge in [0.1, 0.15) is 12.3 Å². The molecule has 176 valence electrons. The minimum absolute atomic E-state index is 0.125. The first-order valence-electron chi connectivity index (χ1n) is 11.1. The third-order valence-electron chi connectivity index (χ3n) is 5.22. The van der Waals surface area contributed by atoms with Crippen LogP contribution < -0.4 is 10.6 Å². The van der Waals surface area contributed by atoms with Gasteiger partial charge in [-0.1, -0.05) is 44.2 Å². The van der Waals surface area contributed by atoms with Gasteiger partial charge >= 0.3 is 5.97 Å². The van der Waals surface area contributed by atoms with Crippen LogP contribution in [0.2, 0.25) is 0 Å². The zero-order chi connectivity index (χ0) is 23.8. The van der Waals surface area contributed by atoms with Gasteiger partial charge in [0.05, 0.1) is 24.7 Å². The zero-order valence-electron chi connectivity index (χ0n) is 19.7. The summed E-state index contributed by atoms with van der Waals surface area (Å²) < 4.78 is 11.9. The molecular weight excluding hydrogens is 420 g/mol. The average Bonchev–Trinajstić information content (AvgIpc) is 3.10. The number of methoxy groups -OCH3 is 2. The molecule has 0 fully saturated rings. The smallest absolute Gasteiger partial charge is 0.356 e. The fraction of sp³-hybridized carbons (Fsp3) is 0.400. The van der Waals surface area contributed by atoms with E-state index >= 15 is 0 Å². The quantitative estimate of drug-likeness (QED) is 0.425. The summed E-state index contributed by atoms with van der Waals surface area (Å²) in [5.74, 6) is -0.432. The number of aromatic nitrogens is 2. The number of esters is 1. The van der Waals surface area contributed by atoms with Gasteiger partial charge in [-0.25, -0.2) is 9.78 Å². The number of aryl methyl sites for hydroxylation is 2. The summed E-state index contributed by atoms with van der Waals surface area (Å²) in [5.41, 5.74) is 3.32. The second-order valence-corrected chi connectivity index (χ2v) is 8.31. The lowest BCUT2D eigenvalue weighted by Crippen LogP contribution is -2.20. The molecule has 0 aliphatic heterocycles. The van der Waals surface area contributed by atoms with Crippen molar-refractivity contribution in [1.29, 1.82) is 0 Å². The van der Waals surface area contributed by atoms with Crippen LogP contribution in [0, 0.1) is 5.92 Å². The van der Waals surface area contributed by atoms with E-state index in [4.69, 9.17) is 9.47 Å². The molecule has 0 bridgehead atoms. The Morgan fingerprint density at radius 1 is 1.15 bits per heavy atom. The largest absolute Gasteiger partial charge is 0.464 e. The molecule has 1 amide bonds. The van der Waals surface area contributed by atoms with Gasteiger partial charge in [0.2, 0.25) is 5.91 Å². The lowest BCUT2D eigenvalue weighted by Gasteiger charge is -2.11. The van der Waals surface area contributed by atoms with E-state index < -0.39 is 5.97 Å². The highest BCUT2D eigenvalue weighted by molar-refractivity contribution is 6.11. The predicted molar refractivity (Wildman–Crippen MR) is 130 cm³/mol. The lowest BCUT2D eigenvalue weighted by atomic mass is 10.1. The first kappa shape index (κ1) is 24.3. The predicted octanol–water partition coefficient (Wildman–Crippen LogP) is 4.11. The van der Waals surface area contributed by atoms with Crippen molar-refractivity contribution in [2.45, 2.75) is 33.2 Å². The van der Waals surface area contributed by atoms with Crippen LogP contribution in [-0.2, 0) is 27.2 Å². The molecule has 2 N–H and O–H groups in total. The number of hydrogen-bond acceptors (Lipinski definition) is 6. The molecule has 0 aliphatic carbocycles.